The Labute approximate surface area is 614 Å². The molecular formula is C63H98N22O20S. The van der Waals surface area contributed by atoms with Crippen LogP contribution in [0.2, 0.25) is 0 Å². The molecule has 0 fully saturated rings. The molecule has 2 aromatic carbocycles. The van der Waals surface area contributed by atoms with Gasteiger partial charge in [0, 0.05) is 38.1 Å². The number of amides is 15. The van der Waals surface area contributed by atoms with Gasteiger partial charge in [-0.2, -0.15) is 12.6 Å². The van der Waals surface area contributed by atoms with Crippen molar-refractivity contribution in [2.75, 3.05) is 58.2 Å². The van der Waals surface area contributed by atoms with Crippen LogP contribution in [0.1, 0.15) is 83.8 Å². The van der Waals surface area contributed by atoms with E-state index in [1.54, 1.807) is 0 Å². The monoisotopic (exact) mass is 1510 g/mol. The lowest BCUT2D eigenvalue weighted by Crippen LogP contribution is -2.60. The Bertz CT molecular complexity index is 3430. The molecule has 2 aromatic rings. The van der Waals surface area contributed by atoms with Gasteiger partial charge in [-0.3, -0.25) is 86.7 Å². The Morgan fingerprint density at radius 1 is 0.415 bits per heavy atom. The normalized spacial score (nSPS) is 13.6. The van der Waals surface area contributed by atoms with Crippen LogP contribution in [0.3, 0.4) is 0 Å². The van der Waals surface area contributed by atoms with Crippen molar-refractivity contribution in [1.82, 2.24) is 74.4 Å². The molecule has 30 N–H and O–H groups in total. The second-order valence-electron chi connectivity index (χ2n) is 24.3. The van der Waals surface area contributed by atoms with Crippen LogP contribution in [0.4, 0.5) is 0 Å². The van der Waals surface area contributed by atoms with Crippen molar-refractivity contribution in [2.45, 2.75) is 146 Å². The zero-order chi connectivity index (χ0) is 79.8. The highest BCUT2D eigenvalue weighted by molar-refractivity contribution is 7.80. The lowest BCUT2D eigenvalue weighted by atomic mass is 10.0. The number of guanidine groups is 2. The number of aliphatic imine (C=N–C) groups is 2. The molecule has 0 spiro atoms. The predicted molar refractivity (Wildman–Crippen MR) is 382 cm³/mol. The number of benzene rings is 2. The van der Waals surface area contributed by atoms with Gasteiger partial charge in [0.2, 0.25) is 88.6 Å². The number of nitrogens with one attached hydrogen (secondary N) is 14. The largest absolute Gasteiger partial charge is 0.508 e. The van der Waals surface area contributed by atoms with Crippen LogP contribution in [0, 0.1) is 5.92 Å². The van der Waals surface area contributed by atoms with E-state index in [0.29, 0.717) is 17.5 Å². The molecule has 2 rings (SSSR count). The third-order valence-corrected chi connectivity index (χ3v) is 15.3. The molecule has 43 heteroatoms. The number of nitrogens with zero attached hydrogens (tertiary/aromatic N) is 2. The van der Waals surface area contributed by atoms with Crippen LogP contribution in [-0.4, -0.2) is 246 Å². The first-order valence-electron chi connectivity index (χ1n) is 33.1. The maximum atomic E-state index is 13.8. The Kier molecular flexibility index (Phi) is 40.6. The third-order valence-electron chi connectivity index (χ3n) is 14.9. The second-order valence-corrected chi connectivity index (χ2v) is 24.7. The molecule has 106 heavy (non-hydrogen) atoms. The maximum Gasteiger partial charge on any atom is 0.303 e. The summed E-state index contributed by atoms with van der Waals surface area (Å²) in [4.78, 5) is 216. The fourth-order valence-electron chi connectivity index (χ4n) is 9.21. The van der Waals surface area contributed by atoms with E-state index >= 15 is 0 Å². The summed E-state index contributed by atoms with van der Waals surface area (Å²) in [6.45, 7) is 1.66. The van der Waals surface area contributed by atoms with E-state index < -0.39 is 207 Å². The van der Waals surface area contributed by atoms with E-state index in [1.807, 2.05) is 13.8 Å². The van der Waals surface area contributed by atoms with Crippen LogP contribution < -0.4 is 109 Å². The average Bonchev–Trinajstić information content (AvgIpc) is 0.863. The van der Waals surface area contributed by atoms with Crippen molar-refractivity contribution in [3.63, 3.8) is 0 Å². The number of nitrogens with two attached hydrogens (primary N) is 6. The maximum absolute atomic E-state index is 13.8. The Morgan fingerprint density at radius 2 is 0.755 bits per heavy atom. The molecule has 0 aliphatic carbocycles. The number of aromatic hydroxyl groups is 2. The van der Waals surface area contributed by atoms with Gasteiger partial charge >= 0.3 is 5.97 Å². The number of phenolic OH excluding ortho intramolecular Hbond substituents is 2. The molecule has 15 amide bonds. The molecule has 0 unspecified atom stereocenters. The highest BCUT2D eigenvalue weighted by Gasteiger charge is 2.34. The molecule has 0 saturated carbocycles. The lowest BCUT2D eigenvalue weighted by molar-refractivity contribution is -0.138. The fourth-order valence-corrected chi connectivity index (χ4v) is 9.46. The van der Waals surface area contributed by atoms with Crippen molar-refractivity contribution < 1.29 is 97.1 Å². The van der Waals surface area contributed by atoms with Crippen LogP contribution >= 0.6 is 12.6 Å². The molecule has 10 atom stereocenters. The number of rotatable bonds is 48. The molecule has 0 aliphatic rings. The van der Waals surface area contributed by atoms with Gasteiger partial charge in [0.15, 0.2) is 11.9 Å². The summed E-state index contributed by atoms with van der Waals surface area (Å²) in [5, 5.41) is 71.4. The number of aliphatic hydroxyl groups excluding tert-OH is 1. The van der Waals surface area contributed by atoms with E-state index in [4.69, 9.17) is 34.4 Å². The molecule has 586 valence electrons. The van der Waals surface area contributed by atoms with Gasteiger partial charge in [0.05, 0.1) is 45.4 Å². The molecule has 42 nitrogen and oxygen atoms in total. The molecule has 0 aromatic heterocycles. The second kappa shape index (κ2) is 47.6. The summed E-state index contributed by atoms with van der Waals surface area (Å²) in [6.07, 6.45) is -1.36. The van der Waals surface area contributed by atoms with Crippen molar-refractivity contribution >= 4 is 119 Å². The van der Waals surface area contributed by atoms with E-state index in [9.17, 15) is 97.1 Å². The lowest BCUT2D eigenvalue weighted by Gasteiger charge is -2.26. The molecule has 0 heterocycles. The number of carbonyl (C=O) groups is 16. The van der Waals surface area contributed by atoms with Gasteiger partial charge in [-0.1, -0.05) is 38.1 Å². The van der Waals surface area contributed by atoms with Crippen molar-refractivity contribution in [2.24, 2.45) is 50.3 Å². The first-order valence-corrected chi connectivity index (χ1v) is 33.8. The highest BCUT2D eigenvalue weighted by Crippen LogP contribution is 2.15. The topological polar surface area (TPSA) is 703 Å². The van der Waals surface area contributed by atoms with Crippen molar-refractivity contribution in [3.05, 3.63) is 59.7 Å². The number of aliphatic hydroxyl groups is 1. The fraction of sp³-hybridized carbons (Fsp3) is 0.524. The number of hydrogen-bond acceptors (Lipinski definition) is 23. The van der Waals surface area contributed by atoms with Gasteiger partial charge < -0.3 is 129 Å². The smallest absolute Gasteiger partial charge is 0.303 e. The summed E-state index contributed by atoms with van der Waals surface area (Å²) in [6, 6.07) is -2.96. The molecule has 0 bridgehead atoms. The first kappa shape index (κ1) is 90.5. The van der Waals surface area contributed by atoms with E-state index in [0.717, 1.165) is 0 Å². The standard InChI is InChI=1S/C63H98N22O20S/c1-31(2)21-38(64)55(99)83-42(22-34-9-13-36(87)14-10-34)59(103)81-39(7-5-19-70-62(66)67)56(100)77-32(3)53(97)76-27-49(92)74-25-47(90)72-24-46(89)73-26-48(91)75-28-50(93)79-45(30-106)61(105)82-40(8-6-20-71-63(68)69)57(101)78-33(4)54(98)80-41(17-18-51(94)95)58(102)84-43(23-35-11-15-37(88)16-12-35)60(104)85-44(29-86)52(65)96/h9-16,31-33,38-45,86-88,106H,5-8,17-30,64H2,1-4H3,(H2,65,96)(H,72,90)(H,73,89)(H,74,92)(H,75,91)(H,76,97)(H,77,100)(H,78,101)(H,79,93)(H,80,98)(H,81,103)(H,82,105)(H,83,99)(H,84,102)(H,85,104)(H,94,95)(H4,66,67,70)(H4,68,69,71)/t32-,33-,38-,39-,40-,41-,42-,43-,44-,45-/m0/s1. The minimum Gasteiger partial charge on any atom is -0.508 e. The zero-order valence-corrected chi connectivity index (χ0v) is 59.7. The minimum absolute atomic E-state index is 0.0429. The van der Waals surface area contributed by atoms with Gasteiger partial charge in [0.1, 0.15) is 65.9 Å². The van der Waals surface area contributed by atoms with Crippen LogP contribution in [0.15, 0.2) is 58.5 Å². The summed E-state index contributed by atoms with van der Waals surface area (Å²) >= 11 is 4.12. The molecule has 0 aliphatic heterocycles. The van der Waals surface area contributed by atoms with Crippen LogP contribution in [0.5, 0.6) is 11.5 Å². The van der Waals surface area contributed by atoms with Crippen LogP contribution in [0.25, 0.3) is 0 Å². The number of carboxylic acids is 1. The van der Waals surface area contributed by atoms with Gasteiger partial charge in [0.25, 0.3) is 0 Å². The quantitative estimate of drug-likeness (QED) is 0.0127. The SMILES string of the molecule is CC(C)C[C@H](N)C(=O)N[C@@H](Cc1ccc(O)cc1)C(=O)N[C@@H](CCCN=C(N)N)C(=O)N[C@@H](C)C(=O)NCC(=O)NCC(=O)NCC(=O)NCC(=O)NCC(=O)N[C@@H](CS)C(=O)N[C@@H](CCCN=C(N)N)C(=O)N[C@@H](C)C(=O)N[C@@H](CCC(=O)O)C(=O)N[C@@H](Cc1ccc(O)cc1)C(=O)N[C@@H](CO)C(N)=O. The Balaban J connectivity index is 1.97. The zero-order valence-electron chi connectivity index (χ0n) is 58.8. The predicted octanol–water partition coefficient (Wildman–Crippen LogP) is -10.4. The van der Waals surface area contributed by atoms with Crippen LogP contribution in [-0.2, 0) is 89.6 Å². The number of carbonyl (C=O) groups excluding carboxylic acids is 15. The minimum atomic E-state index is -1.69. The van der Waals surface area contributed by atoms with E-state index in [1.165, 1.54) is 62.4 Å². The Morgan fingerprint density at radius 3 is 1.14 bits per heavy atom. The number of aliphatic carboxylic acids is 1. The Hall–Kier alpha value is -11.6. The van der Waals surface area contributed by atoms with Gasteiger partial charge in [-0.05, 0) is 93.7 Å². The highest BCUT2D eigenvalue weighted by atomic mass is 32.1. The third kappa shape index (κ3) is 37.0. The number of hydrogen-bond donors (Lipinski definition) is 25. The van der Waals surface area contributed by atoms with E-state index in [-0.39, 0.29) is 86.7 Å². The number of carboxylic acid groups (broad SMARTS) is 1. The molecule has 0 saturated heterocycles. The van der Waals surface area contributed by atoms with Crippen molar-refractivity contribution in [1.29, 1.82) is 0 Å². The number of phenols is 2. The molecular weight excluding hydrogens is 1420 g/mol. The van der Waals surface area contributed by atoms with Crippen molar-refractivity contribution in [3.8, 4) is 11.5 Å². The summed E-state index contributed by atoms with van der Waals surface area (Å²) in [5.41, 5.74) is 34.0. The molecule has 0 radical (unpaired) electrons. The summed E-state index contributed by atoms with van der Waals surface area (Å²) < 4.78 is 0. The number of primary amides is 1. The van der Waals surface area contributed by atoms with E-state index in [2.05, 4.69) is 97.0 Å². The van der Waals surface area contributed by atoms with Gasteiger partial charge in [-0.25, -0.2) is 0 Å². The first-order chi connectivity index (χ1) is 49.9. The van der Waals surface area contributed by atoms with Gasteiger partial charge in [-0.15, -0.1) is 0 Å². The summed E-state index contributed by atoms with van der Waals surface area (Å²) in [7, 11) is 0. The number of thiol groups is 1. The average molecular weight is 1520 g/mol. The summed E-state index contributed by atoms with van der Waals surface area (Å²) in [5.74, 6) is -16.4.